The van der Waals surface area contributed by atoms with Gasteiger partial charge in [0.25, 0.3) is 5.69 Å². The number of piperidine rings is 1. The van der Waals surface area contributed by atoms with E-state index in [9.17, 15) is 24.8 Å². The molecule has 2 aliphatic heterocycles. The Morgan fingerprint density at radius 2 is 1.81 bits per heavy atom. The first-order valence-electron chi connectivity index (χ1n) is 10.2. The molecule has 1 aromatic carbocycles. The van der Waals surface area contributed by atoms with Crippen LogP contribution in [-0.2, 0) is 15.0 Å². The molecule has 0 amide bonds. The summed E-state index contributed by atoms with van der Waals surface area (Å²) in [5, 5.41) is 21.4. The van der Waals surface area contributed by atoms with E-state index in [0.29, 0.717) is 50.3 Å². The van der Waals surface area contributed by atoms with Gasteiger partial charge in [-0.15, -0.1) is 0 Å². The highest BCUT2D eigenvalue weighted by Gasteiger charge is 2.41. The second-order valence-electron chi connectivity index (χ2n) is 8.93. The molecule has 0 atom stereocenters. The van der Waals surface area contributed by atoms with Gasteiger partial charge in [-0.1, -0.05) is 0 Å². The van der Waals surface area contributed by atoms with E-state index in [1.807, 2.05) is 25.7 Å². The molecule has 2 saturated heterocycles. The molecule has 10 nitrogen and oxygen atoms in total. The predicted octanol–water partition coefficient (Wildman–Crippen LogP) is 2.71. The number of aromatic nitrogens is 1. The number of carboxylic acids is 1. The van der Waals surface area contributed by atoms with Gasteiger partial charge in [-0.3, -0.25) is 14.9 Å². The molecule has 0 bridgehead atoms. The van der Waals surface area contributed by atoms with E-state index in [2.05, 4.69) is 0 Å². The van der Waals surface area contributed by atoms with Crippen molar-refractivity contribution >= 4 is 28.2 Å². The van der Waals surface area contributed by atoms with Crippen LogP contribution in [0.2, 0.25) is 0 Å². The Bertz CT molecular complexity index is 1120. The van der Waals surface area contributed by atoms with E-state index in [-0.39, 0.29) is 11.1 Å². The number of nitro groups is 1. The number of carbonyl (C=O) groups is 1. The van der Waals surface area contributed by atoms with Crippen LogP contribution in [0.1, 0.15) is 44.0 Å². The molecule has 2 aromatic rings. The van der Waals surface area contributed by atoms with Gasteiger partial charge < -0.3 is 24.0 Å². The van der Waals surface area contributed by atoms with Gasteiger partial charge in [-0.2, -0.15) is 0 Å². The molecule has 2 aliphatic rings. The number of carboxylic acid groups (broad SMARTS) is 1. The minimum atomic E-state index is -1.37. The fraction of sp³-hybridized carbons (Fsp3) is 0.524. The summed E-state index contributed by atoms with van der Waals surface area (Å²) in [4.78, 5) is 37.7. The lowest BCUT2D eigenvalue weighted by Crippen LogP contribution is -2.45. The van der Waals surface area contributed by atoms with Crippen LogP contribution in [0.25, 0.3) is 10.9 Å². The van der Waals surface area contributed by atoms with Crippen LogP contribution >= 0.6 is 0 Å². The van der Waals surface area contributed by atoms with Crippen LogP contribution in [0.15, 0.2) is 23.1 Å². The van der Waals surface area contributed by atoms with Crippen molar-refractivity contribution in [3.8, 4) is 0 Å². The SMILES string of the molecule is CC(C)(C)n1cc(C(=O)O)c(=O)c2cc([N+](=O)[O-])c(N3CCC4(CC3)OCCO4)cc21. The molecule has 10 heteroatoms. The fourth-order valence-corrected chi connectivity index (χ4v) is 4.33. The second-order valence-corrected chi connectivity index (χ2v) is 8.93. The monoisotopic (exact) mass is 431 g/mol. The summed E-state index contributed by atoms with van der Waals surface area (Å²) in [6.07, 6.45) is 2.46. The summed E-state index contributed by atoms with van der Waals surface area (Å²) < 4.78 is 13.2. The number of benzene rings is 1. The summed E-state index contributed by atoms with van der Waals surface area (Å²) in [6.45, 7) is 7.72. The number of aromatic carboxylic acids is 1. The maximum absolute atomic E-state index is 12.8. The highest BCUT2D eigenvalue weighted by Crippen LogP contribution is 2.38. The number of nitro benzene ring substituents is 1. The topological polar surface area (TPSA) is 124 Å². The number of hydrogen-bond acceptors (Lipinski definition) is 7. The summed E-state index contributed by atoms with van der Waals surface area (Å²) in [7, 11) is 0. The van der Waals surface area contributed by atoms with Crippen LogP contribution < -0.4 is 10.3 Å². The average Bonchev–Trinajstić information content (AvgIpc) is 3.14. The van der Waals surface area contributed by atoms with Crippen LogP contribution in [0.3, 0.4) is 0 Å². The van der Waals surface area contributed by atoms with E-state index < -0.39 is 33.2 Å². The minimum Gasteiger partial charge on any atom is -0.477 e. The zero-order chi connectivity index (χ0) is 22.6. The first-order valence-corrected chi connectivity index (χ1v) is 10.2. The number of pyridine rings is 1. The number of ether oxygens (including phenoxy) is 2. The molecule has 1 spiro atoms. The molecule has 2 fully saturated rings. The Kier molecular flexibility index (Phi) is 5.01. The highest BCUT2D eigenvalue weighted by molar-refractivity contribution is 5.95. The quantitative estimate of drug-likeness (QED) is 0.581. The summed E-state index contributed by atoms with van der Waals surface area (Å²) in [5.41, 5.74) is -1.08. The Hall–Kier alpha value is -2.98. The zero-order valence-corrected chi connectivity index (χ0v) is 17.7. The number of hydrogen-bond donors (Lipinski definition) is 1. The van der Waals surface area contributed by atoms with E-state index in [1.54, 1.807) is 10.6 Å². The number of nitrogens with zero attached hydrogens (tertiary/aromatic N) is 3. The molecule has 166 valence electrons. The van der Waals surface area contributed by atoms with Crippen molar-refractivity contribution in [1.82, 2.24) is 4.57 Å². The van der Waals surface area contributed by atoms with Crippen LogP contribution in [0.4, 0.5) is 11.4 Å². The van der Waals surface area contributed by atoms with Crippen molar-refractivity contribution < 1.29 is 24.3 Å². The van der Waals surface area contributed by atoms with E-state index >= 15 is 0 Å². The normalized spacial score (nSPS) is 18.6. The first kappa shape index (κ1) is 21.3. The van der Waals surface area contributed by atoms with Gasteiger partial charge in [-0.05, 0) is 26.8 Å². The third-order valence-corrected chi connectivity index (χ3v) is 5.93. The molecule has 31 heavy (non-hydrogen) atoms. The zero-order valence-electron chi connectivity index (χ0n) is 17.7. The molecule has 1 aromatic heterocycles. The Balaban J connectivity index is 1.89. The highest BCUT2D eigenvalue weighted by atomic mass is 16.7. The van der Waals surface area contributed by atoms with Gasteiger partial charge in [0.2, 0.25) is 5.43 Å². The van der Waals surface area contributed by atoms with Crippen LogP contribution in [-0.4, -0.2) is 52.7 Å². The summed E-state index contributed by atoms with van der Waals surface area (Å²) >= 11 is 0. The van der Waals surface area contributed by atoms with Gasteiger partial charge in [0, 0.05) is 43.7 Å². The van der Waals surface area contributed by atoms with E-state index in [0.717, 1.165) is 0 Å². The van der Waals surface area contributed by atoms with Gasteiger partial charge in [0.1, 0.15) is 11.3 Å². The lowest BCUT2D eigenvalue weighted by molar-refractivity contribution is -0.384. The Morgan fingerprint density at radius 3 is 2.32 bits per heavy atom. The van der Waals surface area contributed by atoms with Gasteiger partial charge >= 0.3 is 5.97 Å². The second kappa shape index (κ2) is 7.31. The molecule has 0 radical (unpaired) electrons. The molecule has 1 N–H and O–H groups in total. The van der Waals surface area contributed by atoms with Gasteiger partial charge in [0.15, 0.2) is 5.79 Å². The summed E-state index contributed by atoms with van der Waals surface area (Å²) in [5.74, 6) is -1.99. The van der Waals surface area contributed by atoms with Crippen molar-refractivity contribution in [3.63, 3.8) is 0 Å². The first-order chi connectivity index (χ1) is 14.5. The molecular weight excluding hydrogens is 406 g/mol. The lowest BCUT2D eigenvalue weighted by Gasteiger charge is -2.38. The smallest absolute Gasteiger partial charge is 0.341 e. The largest absolute Gasteiger partial charge is 0.477 e. The van der Waals surface area contributed by atoms with Crippen molar-refractivity contribution in [2.45, 2.75) is 44.9 Å². The molecule has 0 unspecified atom stereocenters. The van der Waals surface area contributed by atoms with E-state index in [1.165, 1.54) is 12.3 Å². The third-order valence-electron chi connectivity index (χ3n) is 5.93. The van der Waals surface area contributed by atoms with E-state index in [4.69, 9.17) is 9.47 Å². The standard InChI is InChI=1S/C21H25N3O7/c1-20(2,3)23-12-14(19(26)27)18(25)13-10-17(24(28)29)16(11-15(13)23)22-6-4-21(5-7-22)30-8-9-31-21/h10-12H,4-9H2,1-3H3,(H,26,27). The molecule has 4 rings (SSSR count). The number of anilines is 1. The maximum Gasteiger partial charge on any atom is 0.341 e. The number of rotatable bonds is 3. The Labute approximate surface area is 178 Å². The lowest BCUT2D eigenvalue weighted by atomic mass is 10.0. The third kappa shape index (κ3) is 3.66. The average molecular weight is 431 g/mol. The predicted molar refractivity (Wildman–Crippen MR) is 113 cm³/mol. The molecule has 0 saturated carbocycles. The van der Waals surface area contributed by atoms with Gasteiger partial charge in [0.05, 0.1) is 29.0 Å². The summed E-state index contributed by atoms with van der Waals surface area (Å²) in [6, 6.07) is 2.83. The molecular formula is C21H25N3O7. The minimum absolute atomic E-state index is 0.0150. The van der Waals surface area contributed by atoms with Crippen molar-refractivity contribution in [3.05, 3.63) is 44.2 Å². The fourth-order valence-electron chi connectivity index (χ4n) is 4.33. The maximum atomic E-state index is 12.8. The number of fused-ring (bicyclic) bond motifs is 1. The molecule has 3 heterocycles. The van der Waals surface area contributed by atoms with Crippen molar-refractivity contribution in [2.75, 3.05) is 31.2 Å². The Morgan fingerprint density at radius 1 is 1.19 bits per heavy atom. The van der Waals surface area contributed by atoms with Crippen molar-refractivity contribution in [2.24, 2.45) is 0 Å². The van der Waals surface area contributed by atoms with Crippen molar-refractivity contribution in [1.29, 1.82) is 0 Å². The van der Waals surface area contributed by atoms with Crippen LogP contribution in [0.5, 0.6) is 0 Å². The van der Waals surface area contributed by atoms with Crippen LogP contribution in [0, 0.1) is 10.1 Å². The van der Waals surface area contributed by atoms with Gasteiger partial charge in [-0.25, -0.2) is 4.79 Å². The molecule has 0 aliphatic carbocycles.